The van der Waals surface area contributed by atoms with E-state index in [0.717, 1.165) is 16.9 Å². The van der Waals surface area contributed by atoms with Crippen molar-refractivity contribution in [2.24, 2.45) is 0 Å². The van der Waals surface area contributed by atoms with Gasteiger partial charge in [-0.3, -0.25) is 4.79 Å². The second-order valence-electron chi connectivity index (χ2n) is 5.00. The third-order valence-corrected chi connectivity index (χ3v) is 3.17. The molecule has 0 fully saturated rings. The van der Waals surface area contributed by atoms with Gasteiger partial charge in [0.05, 0.1) is 24.4 Å². The molecule has 2 rings (SSSR count). The molecule has 2 aromatic carbocycles. The zero-order valence-electron chi connectivity index (χ0n) is 12.3. The van der Waals surface area contributed by atoms with Crippen LogP contribution in [0.15, 0.2) is 42.5 Å². The van der Waals surface area contributed by atoms with E-state index in [4.69, 9.17) is 10.5 Å². The van der Waals surface area contributed by atoms with Crippen LogP contribution >= 0.6 is 0 Å². The number of ether oxygens (including phenoxy) is 1. The number of benzene rings is 2. The van der Waals surface area contributed by atoms with Crippen LogP contribution in [0.1, 0.15) is 17.5 Å². The Bertz CT molecular complexity index is 638. The van der Waals surface area contributed by atoms with Crippen LogP contribution in [0.3, 0.4) is 0 Å². The number of carbonyl (C=O) groups excluding carboxylic acids is 1. The first-order valence-electron chi connectivity index (χ1n) is 6.90. The molecule has 0 saturated heterocycles. The Balaban J connectivity index is 1.85. The maximum Gasteiger partial charge on any atom is 0.227 e. The average Bonchev–Trinajstić information content (AvgIpc) is 2.45. The molecule has 0 aromatic heterocycles. The molecule has 4 heteroatoms. The Hall–Kier alpha value is -2.49. The highest BCUT2D eigenvalue weighted by molar-refractivity contribution is 5.93. The lowest BCUT2D eigenvalue weighted by molar-refractivity contribution is -0.116. The molecule has 110 valence electrons. The smallest absolute Gasteiger partial charge is 0.227 e. The van der Waals surface area contributed by atoms with Crippen LogP contribution in [-0.4, -0.2) is 12.5 Å². The van der Waals surface area contributed by atoms with Crippen LogP contribution in [0.2, 0.25) is 0 Å². The molecule has 0 atom stereocenters. The van der Waals surface area contributed by atoms with Crippen LogP contribution in [0.4, 0.5) is 11.4 Å². The van der Waals surface area contributed by atoms with Gasteiger partial charge in [-0.05, 0) is 43.2 Å². The molecule has 21 heavy (non-hydrogen) atoms. The van der Waals surface area contributed by atoms with Crippen molar-refractivity contribution in [3.05, 3.63) is 53.6 Å². The van der Waals surface area contributed by atoms with Crippen LogP contribution in [-0.2, 0) is 4.79 Å². The van der Waals surface area contributed by atoms with Crippen molar-refractivity contribution < 1.29 is 9.53 Å². The minimum absolute atomic E-state index is 0.113. The first-order chi connectivity index (χ1) is 10.1. The van der Waals surface area contributed by atoms with Gasteiger partial charge in [0.25, 0.3) is 0 Å². The SMILES string of the molecule is Cc1ccc(C)c(OCCC(=O)Nc2ccccc2N)c1. The summed E-state index contributed by atoms with van der Waals surface area (Å²) >= 11 is 0. The number of nitrogen functional groups attached to an aromatic ring is 1. The molecule has 0 aliphatic heterocycles. The predicted molar refractivity (Wildman–Crippen MR) is 85.5 cm³/mol. The first kappa shape index (κ1) is 14.9. The van der Waals surface area contributed by atoms with Gasteiger partial charge in [0.15, 0.2) is 0 Å². The normalized spacial score (nSPS) is 10.2. The number of carbonyl (C=O) groups is 1. The second kappa shape index (κ2) is 6.79. The molecular formula is C17H20N2O2. The average molecular weight is 284 g/mol. The lowest BCUT2D eigenvalue weighted by Gasteiger charge is -2.11. The molecular weight excluding hydrogens is 264 g/mol. The van der Waals surface area contributed by atoms with E-state index in [1.54, 1.807) is 12.1 Å². The molecule has 2 aromatic rings. The van der Waals surface area contributed by atoms with Crippen molar-refractivity contribution in [2.45, 2.75) is 20.3 Å². The monoisotopic (exact) mass is 284 g/mol. The van der Waals surface area contributed by atoms with E-state index in [-0.39, 0.29) is 12.3 Å². The molecule has 0 aliphatic carbocycles. The van der Waals surface area contributed by atoms with Crippen molar-refractivity contribution in [3.63, 3.8) is 0 Å². The second-order valence-corrected chi connectivity index (χ2v) is 5.00. The van der Waals surface area contributed by atoms with Gasteiger partial charge in [-0.25, -0.2) is 0 Å². The molecule has 0 bridgehead atoms. The predicted octanol–water partition coefficient (Wildman–Crippen LogP) is 3.29. The zero-order valence-corrected chi connectivity index (χ0v) is 12.3. The van der Waals surface area contributed by atoms with Gasteiger partial charge < -0.3 is 15.8 Å². The Kier molecular flexibility index (Phi) is 4.82. The topological polar surface area (TPSA) is 64.3 Å². The van der Waals surface area contributed by atoms with Gasteiger partial charge in [0.2, 0.25) is 5.91 Å². The summed E-state index contributed by atoms with van der Waals surface area (Å²) in [6, 6.07) is 13.2. The van der Waals surface area contributed by atoms with E-state index in [1.807, 2.05) is 44.2 Å². The number of para-hydroxylation sites is 2. The summed E-state index contributed by atoms with van der Waals surface area (Å²) in [5.41, 5.74) is 9.17. The van der Waals surface area contributed by atoms with Gasteiger partial charge in [0, 0.05) is 0 Å². The molecule has 0 unspecified atom stereocenters. The summed E-state index contributed by atoms with van der Waals surface area (Å²) in [4.78, 5) is 11.9. The highest BCUT2D eigenvalue weighted by Crippen LogP contribution is 2.20. The van der Waals surface area contributed by atoms with Crippen LogP contribution in [0.25, 0.3) is 0 Å². The first-order valence-corrected chi connectivity index (χ1v) is 6.90. The van der Waals surface area contributed by atoms with Crippen molar-refractivity contribution >= 4 is 17.3 Å². The van der Waals surface area contributed by atoms with Crippen molar-refractivity contribution in [1.29, 1.82) is 0 Å². The van der Waals surface area contributed by atoms with Gasteiger partial charge in [-0.15, -0.1) is 0 Å². The van der Waals surface area contributed by atoms with Gasteiger partial charge >= 0.3 is 0 Å². The molecule has 0 radical (unpaired) electrons. The summed E-state index contributed by atoms with van der Waals surface area (Å²) < 4.78 is 5.66. The number of hydrogen-bond donors (Lipinski definition) is 2. The fourth-order valence-electron chi connectivity index (χ4n) is 1.94. The summed E-state index contributed by atoms with van der Waals surface area (Å²) in [7, 11) is 0. The highest BCUT2D eigenvalue weighted by Gasteiger charge is 2.06. The molecule has 1 amide bonds. The summed E-state index contributed by atoms with van der Waals surface area (Å²) in [5.74, 6) is 0.709. The Morgan fingerprint density at radius 1 is 1.19 bits per heavy atom. The number of nitrogens with one attached hydrogen (secondary N) is 1. The summed E-state index contributed by atoms with van der Waals surface area (Å²) in [5, 5.41) is 2.78. The van der Waals surface area contributed by atoms with Gasteiger partial charge in [-0.2, -0.15) is 0 Å². The standard InChI is InChI=1S/C17H20N2O2/c1-12-7-8-13(2)16(11-12)21-10-9-17(20)19-15-6-4-3-5-14(15)18/h3-8,11H,9-10,18H2,1-2H3,(H,19,20). The Morgan fingerprint density at radius 2 is 1.95 bits per heavy atom. The van der Waals surface area contributed by atoms with Crippen LogP contribution < -0.4 is 15.8 Å². The lowest BCUT2D eigenvalue weighted by Crippen LogP contribution is -2.16. The van der Waals surface area contributed by atoms with Crippen LogP contribution in [0.5, 0.6) is 5.75 Å². The number of aryl methyl sites for hydroxylation is 2. The van der Waals surface area contributed by atoms with Crippen molar-refractivity contribution in [2.75, 3.05) is 17.7 Å². The summed E-state index contributed by atoms with van der Waals surface area (Å²) in [6.45, 7) is 4.33. The van der Waals surface area contributed by atoms with Crippen molar-refractivity contribution in [3.8, 4) is 5.75 Å². The van der Waals surface area contributed by atoms with E-state index in [0.29, 0.717) is 18.0 Å². The van der Waals surface area contributed by atoms with E-state index < -0.39 is 0 Å². The van der Waals surface area contributed by atoms with E-state index in [9.17, 15) is 4.79 Å². The van der Waals surface area contributed by atoms with E-state index in [1.165, 1.54) is 0 Å². The minimum atomic E-state index is -0.113. The van der Waals surface area contributed by atoms with E-state index in [2.05, 4.69) is 5.32 Å². The third-order valence-electron chi connectivity index (χ3n) is 3.17. The van der Waals surface area contributed by atoms with Crippen LogP contribution in [0, 0.1) is 13.8 Å². The number of nitrogens with two attached hydrogens (primary N) is 1. The maximum atomic E-state index is 11.9. The molecule has 4 nitrogen and oxygen atoms in total. The number of amides is 1. The fourth-order valence-corrected chi connectivity index (χ4v) is 1.94. The van der Waals surface area contributed by atoms with Gasteiger partial charge in [-0.1, -0.05) is 24.3 Å². The molecule has 0 spiro atoms. The minimum Gasteiger partial charge on any atom is -0.493 e. The zero-order chi connectivity index (χ0) is 15.2. The highest BCUT2D eigenvalue weighted by atomic mass is 16.5. The lowest BCUT2D eigenvalue weighted by atomic mass is 10.1. The maximum absolute atomic E-state index is 11.9. The molecule has 0 aliphatic rings. The fraction of sp³-hybridized carbons (Fsp3) is 0.235. The number of hydrogen-bond acceptors (Lipinski definition) is 3. The van der Waals surface area contributed by atoms with Crippen molar-refractivity contribution in [1.82, 2.24) is 0 Å². The number of rotatable bonds is 5. The largest absolute Gasteiger partial charge is 0.493 e. The number of anilines is 2. The van der Waals surface area contributed by atoms with Gasteiger partial charge in [0.1, 0.15) is 5.75 Å². The Labute approximate surface area is 124 Å². The van der Waals surface area contributed by atoms with E-state index >= 15 is 0 Å². The molecule has 3 N–H and O–H groups in total. The molecule has 0 heterocycles. The third kappa shape index (κ3) is 4.24. The Morgan fingerprint density at radius 3 is 2.71 bits per heavy atom. The summed E-state index contributed by atoms with van der Waals surface area (Å²) in [6.07, 6.45) is 0.279. The quantitative estimate of drug-likeness (QED) is 0.828. The molecule has 0 saturated carbocycles.